The number of nitrogens with two attached hydrogens (primary N) is 1. The van der Waals surface area contributed by atoms with Crippen LogP contribution in [0.25, 0.3) is 22.2 Å². The van der Waals surface area contributed by atoms with Crippen molar-refractivity contribution in [3.8, 4) is 11.3 Å². The van der Waals surface area contributed by atoms with Crippen molar-refractivity contribution in [1.29, 1.82) is 0 Å². The summed E-state index contributed by atoms with van der Waals surface area (Å²) in [5.74, 6) is -0.319. The first-order chi connectivity index (χ1) is 9.19. The fraction of sp³-hybridized carbons (Fsp3) is 0.0714. The highest BCUT2D eigenvalue weighted by atomic mass is 35.5. The Morgan fingerprint density at radius 2 is 2.05 bits per heavy atom. The van der Waals surface area contributed by atoms with Crippen molar-refractivity contribution in [2.75, 3.05) is 0 Å². The van der Waals surface area contributed by atoms with Gasteiger partial charge in [0.1, 0.15) is 11.5 Å². The molecule has 0 amide bonds. The molecule has 96 valence electrons. The molecular formula is C14H10ClFN2O. The highest BCUT2D eigenvalue weighted by Crippen LogP contribution is 2.31. The lowest BCUT2D eigenvalue weighted by Gasteiger charge is -2.05. The largest absolute Gasteiger partial charge is 0.356 e. The van der Waals surface area contributed by atoms with E-state index in [9.17, 15) is 4.39 Å². The van der Waals surface area contributed by atoms with Crippen LogP contribution in [-0.2, 0) is 6.54 Å². The molecule has 0 aliphatic carbocycles. The van der Waals surface area contributed by atoms with Crippen LogP contribution in [0.5, 0.6) is 0 Å². The van der Waals surface area contributed by atoms with E-state index in [0.717, 1.165) is 10.9 Å². The highest BCUT2D eigenvalue weighted by Gasteiger charge is 2.14. The molecule has 0 saturated carbocycles. The molecule has 5 heteroatoms. The van der Waals surface area contributed by atoms with Crippen LogP contribution in [0.15, 0.2) is 40.9 Å². The molecule has 2 N–H and O–H groups in total. The Bertz CT molecular complexity index is 754. The van der Waals surface area contributed by atoms with E-state index in [1.807, 2.05) is 6.07 Å². The van der Waals surface area contributed by atoms with Crippen molar-refractivity contribution in [1.82, 2.24) is 5.16 Å². The van der Waals surface area contributed by atoms with Gasteiger partial charge in [0.2, 0.25) is 0 Å². The first-order valence-corrected chi connectivity index (χ1v) is 6.10. The summed E-state index contributed by atoms with van der Waals surface area (Å²) in [4.78, 5) is 0. The fourth-order valence-corrected chi connectivity index (χ4v) is 2.23. The number of fused-ring (bicyclic) bond motifs is 1. The summed E-state index contributed by atoms with van der Waals surface area (Å²) < 4.78 is 18.5. The van der Waals surface area contributed by atoms with Crippen molar-refractivity contribution >= 4 is 22.6 Å². The van der Waals surface area contributed by atoms with Crippen LogP contribution in [0.4, 0.5) is 4.39 Å². The zero-order valence-corrected chi connectivity index (χ0v) is 10.6. The van der Waals surface area contributed by atoms with Gasteiger partial charge in [-0.3, -0.25) is 0 Å². The van der Waals surface area contributed by atoms with Gasteiger partial charge in [-0.05, 0) is 35.9 Å². The summed E-state index contributed by atoms with van der Waals surface area (Å²) >= 11 is 5.90. The molecule has 1 aromatic heterocycles. The number of hydrogen-bond acceptors (Lipinski definition) is 3. The molecule has 0 bridgehead atoms. The number of hydrogen-bond donors (Lipinski definition) is 1. The van der Waals surface area contributed by atoms with Crippen LogP contribution in [0.2, 0.25) is 5.02 Å². The van der Waals surface area contributed by atoms with E-state index in [1.165, 1.54) is 12.1 Å². The second-order valence-corrected chi connectivity index (χ2v) is 4.61. The standard InChI is InChI=1S/C14H10ClFN2O/c15-9-1-3-12-13(6-9)19-18-14(12)11-4-2-10(16)5-8(11)7-17/h1-6H,7,17H2. The molecule has 0 aliphatic rings. The third kappa shape index (κ3) is 2.09. The zero-order chi connectivity index (χ0) is 13.4. The van der Waals surface area contributed by atoms with Gasteiger partial charge < -0.3 is 10.3 Å². The van der Waals surface area contributed by atoms with Gasteiger partial charge in [0.05, 0.1) is 0 Å². The number of halogens is 2. The molecule has 3 nitrogen and oxygen atoms in total. The molecule has 3 aromatic rings. The summed E-state index contributed by atoms with van der Waals surface area (Å²) in [5.41, 5.74) is 8.34. The lowest BCUT2D eigenvalue weighted by Crippen LogP contribution is -2.00. The van der Waals surface area contributed by atoms with E-state index in [2.05, 4.69) is 5.16 Å². The number of benzene rings is 2. The summed E-state index contributed by atoms with van der Waals surface area (Å²) in [6.45, 7) is 0.231. The molecule has 0 fully saturated rings. The van der Waals surface area contributed by atoms with Gasteiger partial charge in [0.15, 0.2) is 5.58 Å². The lowest BCUT2D eigenvalue weighted by atomic mass is 10.0. The third-order valence-corrected chi connectivity index (χ3v) is 3.21. The summed E-state index contributed by atoms with van der Waals surface area (Å²) in [5, 5.41) is 5.44. The molecule has 3 rings (SSSR count). The number of rotatable bonds is 2. The maximum absolute atomic E-state index is 13.2. The van der Waals surface area contributed by atoms with Gasteiger partial charge in [-0.1, -0.05) is 16.8 Å². The Morgan fingerprint density at radius 3 is 2.84 bits per heavy atom. The van der Waals surface area contributed by atoms with E-state index in [-0.39, 0.29) is 12.4 Å². The first-order valence-electron chi connectivity index (χ1n) is 5.73. The molecule has 1 heterocycles. The minimum absolute atomic E-state index is 0.231. The van der Waals surface area contributed by atoms with Crippen LogP contribution >= 0.6 is 11.6 Å². The lowest BCUT2D eigenvalue weighted by molar-refractivity contribution is 0.459. The maximum atomic E-state index is 13.2. The Hall–Kier alpha value is -1.91. The first kappa shape index (κ1) is 12.1. The van der Waals surface area contributed by atoms with Crippen LogP contribution in [0.3, 0.4) is 0 Å². The Labute approximate surface area is 113 Å². The van der Waals surface area contributed by atoms with Gasteiger partial charge in [-0.25, -0.2) is 4.39 Å². The minimum Gasteiger partial charge on any atom is -0.356 e. The predicted octanol–water partition coefficient (Wildman–Crippen LogP) is 3.75. The van der Waals surface area contributed by atoms with Crippen LogP contribution in [0, 0.1) is 5.82 Å². The number of aromatic nitrogens is 1. The van der Waals surface area contributed by atoms with Crippen molar-refractivity contribution in [3.05, 3.63) is 52.8 Å². The van der Waals surface area contributed by atoms with Crippen LogP contribution in [0.1, 0.15) is 5.56 Å². The topological polar surface area (TPSA) is 52.0 Å². The second-order valence-electron chi connectivity index (χ2n) is 4.18. The average Bonchev–Trinajstić information content (AvgIpc) is 2.81. The van der Waals surface area contributed by atoms with E-state index in [1.54, 1.807) is 18.2 Å². The third-order valence-electron chi connectivity index (χ3n) is 2.98. The molecule has 0 aliphatic heterocycles. The molecular weight excluding hydrogens is 267 g/mol. The normalized spacial score (nSPS) is 11.1. The predicted molar refractivity (Wildman–Crippen MR) is 72.3 cm³/mol. The van der Waals surface area contributed by atoms with E-state index in [4.69, 9.17) is 21.9 Å². The fourth-order valence-electron chi connectivity index (χ4n) is 2.07. The van der Waals surface area contributed by atoms with Crippen LogP contribution in [-0.4, -0.2) is 5.16 Å². The van der Waals surface area contributed by atoms with E-state index >= 15 is 0 Å². The van der Waals surface area contributed by atoms with Crippen molar-refractivity contribution in [2.24, 2.45) is 5.73 Å². The van der Waals surface area contributed by atoms with Crippen molar-refractivity contribution in [2.45, 2.75) is 6.54 Å². The monoisotopic (exact) mass is 276 g/mol. The van der Waals surface area contributed by atoms with Gasteiger partial charge in [-0.2, -0.15) is 0 Å². The average molecular weight is 277 g/mol. The summed E-state index contributed by atoms with van der Waals surface area (Å²) in [6, 6.07) is 9.72. The van der Waals surface area contributed by atoms with Gasteiger partial charge in [-0.15, -0.1) is 0 Å². The van der Waals surface area contributed by atoms with Gasteiger partial charge in [0, 0.05) is 28.6 Å². The van der Waals surface area contributed by atoms with Crippen molar-refractivity contribution in [3.63, 3.8) is 0 Å². The molecule has 0 atom stereocenters. The van der Waals surface area contributed by atoms with Gasteiger partial charge in [0.25, 0.3) is 0 Å². The smallest absolute Gasteiger partial charge is 0.169 e. The van der Waals surface area contributed by atoms with E-state index in [0.29, 0.717) is 21.9 Å². The molecule has 0 radical (unpaired) electrons. The van der Waals surface area contributed by atoms with Gasteiger partial charge >= 0.3 is 0 Å². The molecule has 0 saturated heterocycles. The van der Waals surface area contributed by atoms with Crippen LogP contribution < -0.4 is 5.73 Å². The number of nitrogens with zero attached hydrogens (tertiary/aromatic N) is 1. The zero-order valence-electron chi connectivity index (χ0n) is 9.86. The minimum atomic E-state index is -0.319. The molecule has 0 unspecified atom stereocenters. The SMILES string of the molecule is NCc1cc(F)ccc1-c1noc2cc(Cl)ccc12. The maximum Gasteiger partial charge on any atom is 0.169 e. The quantitative estimate of drug-likeness (QED) is 0.775. The molecule has 2 aromatic carbocycles. The Morgan fingerprint density at radius 1 is 1.21 bits per heavy atom. The van der Waals surface area contributed by atoms with Crippen molar-refractivity contribution < 1.29 is 8.91 Å². The Kier molecular flexibility index (Phi) is 2.97. The molecule has 0 spiro atoms. The van der Waals surface area contributed by atoms with E-state index < -0.39 is 0 Å². The Balaban J connectivity index is 2.24. The molecule has 19 heavy (non-hydrogen) atoms. The summed E-state index contributed by atoms with van der Waals surface area (Å²) in [7, 11) is 0. The second kappa shape index (κ2) is 4.64. The summed E-state index contributed by atoms with van der Waals surface area (Å²) in [6.07, 6.45) is 0. The highest BCUT2D eigenvalue weighted by molar-refractivity contribution is 6.31.